The van der Waals surface area contributed by atoms with Gasteiger partial charge in [0.15, 0.2) is 0 Å². The van der Waals surface area contributed by atoms with Crippen LogP contribution in [0.4, 0.5) is 5.69 Å². The molecule has 0 aromatic heterocycles. The van der Waals surface area contributed by atoms with Crippen LogP contribution in [0.15, 0.2) is 24.8 Å². The number of anilines is 1. The number of benzene rings is 1. The summed E-state index contributed by atoms with van der Waals surface area (Å²) >= 11 is 8.00. The number of amides is 2. The molecule has 25 heavy (non-hydrogen) atoms. The second kappa shape index (κ2) is 9.25. The number of aromatic hydroxyl groups is 1. The van der Waals surface area contributed by atoms with Crippen LogP contribution in [0.1, 0.15) is 0 Å². The summed E-state index contributed by atoms with van der Waals surface area (Å²) in [5.74, 6) is -0.236. The van der Waals surface area contributed by atoms with Gasteiger partial charge >= 0.3 is 0 Å². The molecule has 1 aliphatic rings. The highest BCUT2D eigenvalue weighted by Crippen LogP contribution is 2.31. The first-order valence-corrected chi connectivity index (χ1v) is 9.18. The van der Waals surface area contributed by atoms with E-state index in [-0.39, 0.29) is 24.1 Å². The number of hydrogen-bond acceptors (Lipinski definition) is 5. The third kappa shape index (κ3) is 5.75. The zero-order chi connectivity index (χ0) is 18.4. The molecule has 0 radical (unpaired) electrons. The smallest absolute Gasteiger partial charge is 0.244 e. The first kappa shape index (κ1) is 19.8. The summed E-state index contributed by atoms with van der Waals surface area (Å²) < 4.78 is 0.794. The largest absolute Gasteiger partial charge is 0.506 e. The number of phenolic OH excluding ortho intramolecular Hbond substituents is 1. The molecule has 0 aliphatic carbocycles. The zero-order valence-corrected chi connectivity index (χ0v) is 16.5. The summed E-state index contributed by atoms with van der Waals surface area (Å²) in [4.78, 5) is 27.3. The molecule has 0 bridgehead atoms. The number of carbonyl (C=O) groups is 2. The molecule has 1 aromatic carbocycles. The zero-order valence-electron chi connectivity index (χ0n) is 13.6. The third-order valence-corrected chi connectivity index (χ3v) is 5.38. The first-order chi connectivity index (χ1) is 11.9. The Morgan fingerprint density at radius 2 is 2.00 bits per heavy atom. The molecule has 0 saturated carbocycles. The number of phenols is 1. The number of halogens is 2. The Hall–Kier alpha value is -1.52. The fraction of sp³-hybridized carbons (Fsp3) is 0.375. The van der Waals surface area contributed by atoms with Crippen molar-refractivity contribution >= 4 is 51.7 Å². The van der Waals surface area contributed by atoms with Gasteiger partial charge in [-0.25, -0.2) is 0 Å². The average Bonchev–Trinajstić information content (AvgIpc) is 2.61. The summed E-state index contributed by atoms with van der Waals surface area (Å²) in [5, 5.41) is 16.0. The maximum atomic E-state index is 12.3. The summed E-state index contributed by atoms with van der Waals surface area (Å²) in [6, 6.07) is 3.15. The van der Waals surface area contributed by atoms with Gasteiger partial charge < -0.3 is 20.6 Å². The predicted octanol–water partition coefficient (Wildman–Crippen LogP) is 1.47. The molecule has 0 atom stereocenters. The number of nitrogens with one attached hydrogen (secondary N) is 2. The highest BCUT2D eigenvalue weighted by molar-refractivity contribution is 14.1. The molecule has 9 heteroatoms. The van der Waals surface area contributed by atoms with Crippen LogP contribution in [-0.4, -0.2) is 66.1 Å². The van der Waals surface area contributed by atoms with Crippen LogP contribution in [-0.2, 0) is 9.59 Å². The predicted molar refractivity (Wildman–Crippen MR) is 106 cm³/mol. The molecule has 1 saturated heterocycles. The number of nitrogens with zero attached hydrogens (tertiary/aromatic N) is 2. The van der Waals surface area contributed by atoms with E-state index in [1.807, 2.05) is 0 Å². The van der Waals surface area contributed by atoms with Gasteiger partial charge in [-0.3, -0.25) is 14.5 Å². The van der Waals surface area contributed by atoms with Crippen LogP contribution in [0.2, 0.25) is 5.02 Å². The minimum Gasteiger partial charge on any atom is -0.506 e. The highest BCUT2D eigenvalue weighted by Gasteiger charge is 2.21. The maximum Gasteiger partial charge on any atom is 0.244 e. The van der Waals surface area contributed by atoms with Crippen LogP contribution in [0.3, 0.4) is 0 Å². The molecule has 2 rings (SSSR count). The number of piperazine rings is 1. The van der Waals surface area contributed by atoms with Gasteiger partial charge in [0.25, 0.3) is 0 Å². The SMILES string of the molecule is C=CC(=O)NCN1CCN(C(=O)CNc2cc(I)c(Cl)cc2O)CC1. The fourth-order valence-electron chi connectivity index (χ4n) is 2.38. The quantitative estimate of drug-likeness (QED) is 0.328. The van der Waals surface area contributed by atoms with Gasteiger partial charge in [0.1, 0.15) is 5.75 Å². The molecule has 1 aromatic rings. The van der Waals surface area contributed by atoms with Crippen molar-refractivity contribution in [3.05, 3.63) is 33.4 Å². The van der Waals surface area contributed by atoms with Gasteiger partial charge in [0, 0.05) is 35.8 Å². The molecule has 2 amide bonds. The topological polar surface area (TPSA) is 84.9 Å². The van der Waals surface area contributed by atoms with E-state index in [2.05, 4.69) is 44.7 Å². The van der Waals surface area contributed by atoms with E-state index >= 15 is 0 Å². The summed E-state index contributed by atoms with van der Waals surface area (Å²) in [6.45, 7) is 6.51. The molecule has 0 unspecified atom stereocenters. The van der Waals surface area contributed by atoms with Gasteiger partial charge in [0.2, 0.25) is 11.8 Å². The molecule has 0 spiro atoms. The number of rotatable bonds is 6. The monoisotopic (exact) mass is 478 g/mol. The van der Waals surface area contributed by atoms with Crippen molar-refractivity contribution < 1.29 is 14.7 Å². The summed E-state index contributed by atoms with van der Waals surface area (Å²) in [5.41, 5.74) is 0.480. The average molecular weight is 479 g/mol. The Bertz CT molecular complexity index is 663. The Morgan fingerprint density at radius 3 is 2.64 bits per heavy atom. The van der Waals surface area contributed by atoms with Gasteiger partial charge in [-0.15, -0.1) is 0 Å². The molecule has 7 nitrogen and oxygen atoms in total. The van der Waals surface area contributed by atoms with Crippen LogP contribution >= 0.6 is 34.2 Å². The van der Waals surface area contributed by atoms with Crippen molar-refractivity contribution in [2.45, 2.75) is 0 Å². The van der Waals surface area contributed by atoms with Crippen molar-refractivity contribution in [1.82, 2.24) is 15.1 Å². The van der Waals surface area contributed by atoms with Crippen molar-refractivity contribution in [2.24, 2.45) is 0 Å². The Morgan fingerprint density at radius 1 is 1.32 bits per heavy atom. The van der Waals surface area contributed by atoms with E-state index in [1.54, 1.807) is 11.0 Å². The Balaban J connectivity index is 1.78. The van der Waals surface area contributed by atoms with Crippen molar-refractivity contribution in [3.63, 3.8) is 0 Å². The highest BCUT2D eigenvalue weighted by atomic mass is 127. The van der Waals surface area contributed by atoms with E-state index in [0.29, 0.717) is 43.6 Å². The minimum absolute atomic E-state index is 0.0148. The summed E-state index contributed by atoms with van der Waals surface area (Å²) in [6.07, 6.45) is 1.23. The molecule has 1 fully saturated rings. The van der Waals surface area contributed by atoms with Crippen molar-refractivity contribution in [1.29, 1.82) is 0 Å². The molecule has 136 valence electrons. The molecule has 1 heterocycles. The lowest BCUT2D eigenvalue weighted by molar-refractivity contribution is -0.131. The van der Waals surface area contributed by atoms with E-state index in [4.69, 9.17) is 11.6 Å². The lowest BCUT2D eigenvalue weighted by Crippen LogP contribution is -2.52. The van der Waals surface area contributed by atoms with Crippen LogP contribution in [0, 0.1) is 3.57 Å². The van der Waals surface area contributed by atoms with E-state index in [1.165, 1.54) is 12.1 Å². The van der Waals surface area contributed by atoms with Crippen molar-refractivity contribution in [2.75, 3.05) is 44.7 Å². The maximum absolute atomic E-state index is 12.3. The Labute approximate surface area is 165 Å². The fourth-order valence-corrected chi connectivity index (χ4v) is 3.00. The minimum atomic E-state index is -0.208. The normalized spacial score (nSPS) is 14.9. The van der Waals surface area contributed by atoms with Crippen LogP contribution in [0.25, 0.3) is 0 Å². The van der Waals surface area contributed by atoms with E-state index < -0.39 is 0 Å². The summed E-state index contributed by atoms with van der Waals surface area (Å²) in [7, 11) is 0. The first-order valence-electron chi connectivity index (χ1n) is 7.73. The van der Waals surface area contributed by atoms with Gasteiger partial charge in [0.05, 0.1) is 23.9 Å². The van der Waals surface area contributed by atoms with E-state index in [0.717, 1.165) is 3.57 Å². The molecule has 3 N–H and O–H groups in total. The second-order valence-corrected chi connectivity index (χ2v) is 7.11. The molecular weight excluding hydrogens is 459 g/mol. The van der Waals surface area contributed by atoms with Gasteiger partial charge in [-0.2, -0.15) is 0 Å². The Kier molecular flexibility index (Phi) is 7.33. The standard InChI is InChI=1S/C16H20ClIN4O3/c1-2-15(24)20-10-21-3-5-22(6-4-21)16(25)9-19-13-8-12(18)11(17)7-14(13)23/h2,7-8,19,23H,1,3-6,9-10H2,(H,20,24). The second-order valence-electron chi connectivity index (χ2n) is 5.54. The van der Waals surface area contributed by atoms with Crippen LogP contribution < -0.4 is 10.6 Å². The third-order valence-electron chi connectivity index (χ3n) is 3.86. The lowest BCUT2D eigenvalue weighted by Gasteiger charge is -2.34. The van der Waals surface area contributed by atoms with Crippen molar-refractivity contribution in [3.8, 4) is 5.75 Å². The number of hydrogen-bond donors (Lipinski definition) is 3. The van der Waals surface area contributed by atoms with Gasteiger partial charge in [-0.05, 0) is 34.7 Å². The van der Waals surface area contributed by atoms with Gasteiger partial charge in [-0.1, -0.05) is 18.2 Å². The van der Waals surface area contributed by atoms with Crippen LogP contribution in [0.5, 0.6) is 5.75 Å². The lowest BCUT2D eigenvalue weighted by atomic mass is 10.3. The number of carbonyl (C=O) groups excluding carboxylic acids is 2. The van der Waals surface area contributed by atoms with E-state index in [9.17, 15) is 14.7 Å². The molecule has 1 aliphatic heterocycles. The molecular formula is C16H20ClIN4O3.